The molecule has 0 radical (unpaired) electrons. The number of rotatable bonds is 4. The Bertz CT molecular complexity index is 1050. The lowest BCUT2D eigenvalue weighted by molar-refractivity contribution is -0.0511. The fourth-order valence-corrected chi connectivity index (χ4v) is 3.30. The van der Waals surface area contributed by atoms with Gasteiger partial charge in [0.05, 0.1) is 23.2 Å². The maximum absolute atomic E-state index is 12.7. The Balaban J connectivity index is 1.88. The van der Waals surface area contributed by atoms with Crippen LogP contribution >= 0.6 is 11.6 Å². The molecular formula is C17H14ClF2N5O2. The van der Waals surface area contributed by atoms with E-state index in [0.717, 1.165) is 11.0 Å². The van der Waals surface area contributed by atoms with Crippen molar-refractivity contribution < 1.29 is 18.3 Å². The number of methoxy groups -OCH3 is 1. The molecule has 0 spiro atoms. The molecule has 140 valence electrons. The van der Waals surface area contributed by atoms with E-state index in [2.05, 4.69) is 20.0 Å². The third-order valence-electron chi connectivity index (χ3n) is 4.10. The SMILES string of the molecule is COc1cc([C@H]2N=C(N)Nc3nc4ccccc4n32)cc(Cl)c1OC(F)F. The number of nitrogens with two attached hydrogens (primary N) is 1. The molecule has 0 fully saturated rings. The van der Waals surface area contributed by atoms with E-state index in [1.165, 1.54) is 19.2 Å². The number of aliphatic imine (C=N–C) groups is 1. The molecule has 0 aliphatic carbocycles. The summed E-state index contributed by atoms with van der Waals surface area (Å²) in [6.07, 6.45) is -0.611. The van der Waals surface area contributed by atoms with Crippen molar-refractivity contribution in [3.05, 3.63) is 47.0 Å². The number of nitrogens with one attached hydrogen (secondary N) is 1. The smallest absolute Gasteiger partial charge is 0.387 e. The van der Waals surface area contributed by atoms with Crippen LogP contribution in [0, 0.1) is 0 Å². The number of fused-ring (bicyclic) bond motifs is 3. The van der Waals surface area contributed by atoms with E-state index in [9.17, 15) is 8.78 Å². The van der Waals surface area contributed by atoms with Gasteiger partial charge in [-0.3, -0.25) is 9.88 Å². The monoisotopic (exact) mass is 393 g/mol. The number of nitrogens with zero attached hydrogens (tertiary/aromatic N) is 3. The first-order valence-electron chi connectivity index (χ1n) is 7.87. The zero-order valence-electron chi connectivity index (χ0n) is 14.0. The van der Waals surface area contributed by atoms with Crippen LogP contribution in [-0.4, -0.2) is 29.2 Å². The average molecular weight is 394 g/mol. The van der Waals surface area contributed by atoms with E-state index >= 15 is 0 Å². The number of hydrogen-bond donors (Lipinski definition) is 2. The zero-order valence-corrected chi connectivity index (χ0v) is 14.7. The summed E-state index contributed by atoms with van der Waals surface area (Å²) in [5.74, 6) is 0.512. The van der Waals surface area contributed by atoms with Crippen LogP contribution in [0.1, 0.15) is 11.7 Å². The topological polar surface area (TPSA) is 86.7 Å². The Hall–Kier alpha value is -3.07. The number of halogens is 3. The maximum Gasteiger partial charge on any atom is 0.387 e. The first-order valence-corrected chi connectivity index (χ1v) is 8.25. The fourth-order valence-electron chi connectivity index (χ4n) is 3.03. The van der Waals surface area contributed by atoms with Gasteiger partial charge in [0, 0.05) is 5.56 Å². The normalized spacial score (nSPS) is 16.0. The van der Waals surface area contributed by atoms with Crippen LogP contribution in [0.4, 0.5) is 14.7 Å². The zero-order chi connectivity index (χ0) is 19.1. The van der Waals surface area contributed by atoms with Gasteiger partial charge in [0.25, 0.3) is 0 Å². The van der Waals surface area contributed by atoms with Crippen LogP contribution in [0.15, 0.2) is 41.4 Å². The van der Waals surface area contributed by atoms with E-state index in [1.807, 2.05) is 28.8 Å². The number of guanidine groups is 1. The van der Waals surface area contributed by atoms with Crippen LogP contribution < -0.4 is 20.5 Å². The van der Waals surface area contributed by atoms with Gasteiger partial charge in [-0.05, 0) is 24.3 Å². The van der Waals surface area contributed by atoms with Crippen LogP contribution in [-0.2, 0) is 0 Å². The molecule has 0 unspecified atom stereocenters. The Labute approximate surface area is 157 Å². The van der Waals surface area contributed by atoms with Crippen molar-refractivity contribution in [2.24, 2.45) is 10.7 Å². The molecule has 0 bridgehead atoms. The van der Waals surface area contributed by atoms with Crippen molar-refractivity contribution in [1.82, 2.24) is 9.55 Å². The number of benzene rings is 2. The third kappa shape index (κ3) is 2.99. The summed E-state index contributed by atoms with van der Waals surface area (Å²) in [4.78, 5) is 8.93. The lowest BCUT2D eigenvalue weighted by Gasteiger charge is -2.24. The van der Waals surface area contributed by atoms with Crippen LogP contribution in [0.25, 0.3) is 11.0 Å². The molecule has 7 nitrogen and oxygen atoms in total. The Morgan fingerprint density at radius 1 is 1.30 bits per heavy atom. The molecule has 1 aliphatic heterocycles. The molecular weight excluding hydrogens is 380 g/mol. The average Bonchev–Trinajstić information content (AvgIpc) is 3.00. The standard InChI is InChI=1S/C17H14ClF2N5O2/c1-26-12-7-8(6-9(18)13(12)27-15(19)20)14-23-16(21)24-17-22-10-4-2-3-5-11(10)25(14)17/h2-7,14-15H,1H3,(H3,21,22,23,24)/t14-/m0/s1. The molecule has 2 heterocycles. The van der Waals surface area contributed by atoms with Crippen LogP contribution in [0.5, 0.6) is 11.5 Å². The highest BCUT2D eigenvalue weighted by molar-refractivity contribution is 6.32. The van der Waals surface area contributed by atoms with E-state index in [1.54, 1.807) is 0 Å². The predicted octanol–water partition coefficient (Wildman–Crippen LogP) is 3.59. The summed E-state index contributed by atoms with van der Waals surface area (Å²) in [6.45, 7) is -3.03. The fraction of sp³-hybridized carbons (Fsp3) is 0.176. The van der Waals surface area contributed by atoms with E-state index in [0.29, 0.717) is 11.5 Å². The molecule has 1 atom stereocenters. The molecule has 2 aromatic carbocycles. The lowest BCUT2D eigenvalue weighted by Crippen LogP contribution is -2.31. The van der Waals surface area contributed by atoms with Crippen molar-refractivity contribution >= 4 is 34.5 Å². The summed E-state index contributed by atoms with van der Waals surface area (Å²) < 4.78 is 36.8. The van der Waals surface area contributed by atoms with Crippen molar-refractivity contribution in [3.8, 4) is 11.5 Å². The highest BCUT2D eigenvalue weighted by Crippen LogP contribution is 2.41. The molecule has 0 saturated carbocycles. The van der Waals surface area contributed by atoms with Gasteiger partial charge in [-0.15, -0.1) is 0 Å². The Morgan fingerprint density at radius 2 is 2.07 bits per heavy atom. The first-order chi connectivity index (χ1) is 13.0. The predicted molar refractivity (Wildman–Crippen MR) is 97.8 cm³/mol. The number of imidazole rings is 1. The largest absolute Gasteiger partial charge is 0.493 e. The van der Waals surface area contributed by atoms with Gasteiger partial charge in [0.2, 0.25) is 5.95 Å². The second-order valence-electron chi connectivity index (χ2n) is 5.72. The molecule has 1 aromatic heterocycles. The molecule has 27 heavy (non-hydrogen) atoms. The Morgan fingerprint density at radius 3 is 2.81 bits per heavy atom. The van der Waals surface area contributed by atoms with E-state index in [-0.39, 0.29) is 22.5 Å². The van der Waals surface area contributed by atoms with E-state index < -0.39 is 12.8 Å². The number of hydrogen-bond acceptors (Lipinski definition) is 6. The van der Waals surface area contributed by atoms with Gasteiger partial charge in [0.15, 0.2) is 23.6 Å². The number of anilines is 1. The molecule has 10 heteroatoms. The van der Waals surface area contributed by atoms with Gasteiger partial charge < -0.3 is 15.2 Å². The minimum absolute atomic E-state index is 0.0251. The van der Waals surface area contributed by atoms with Crippen molar-refractivity contribution in [2.75, 3.05) is 12.4 Å². The molecule has 4 rings (SSSR count). The number of alkyl halides is 2. The van der Waals surface area contributed by atoms with Crippen LogP contribution in [0.2, 0.25) is 5.02 Å². The van der Waals surface area contributed by atoms with Crippen molar-refractivity contribution in [2.45, 2.75) is 12.8 Å². The minimum Gasteiger partial charge on any atom is -0.493 e. The van der Waals surface area contributed by atoms with Crippen molar-refractivity contribution in [1.29, 1.82) is 0 Å². The maximum atomic E-state index is 12.7. The highest BCUT2D eigenvalue weighted by atomic mass is 35.5. The van der Waals surface area contributed by atoms with Gasteiger partial charge in [0.1, 0.15) is 0 Å². The summed E-state index contributed by atoms with van der Waals surface area (Å²) in [5.41, 5.74) is 8.06. The molecule has 1 aliphatic rings. The summed E-state index contributed by atoms with van der Waals surface area (Å²) in [5, 5.41) is 2.90. The number of para-hydroxylation sites is 2. The third-order valence-corrected chi connectivity index (χ3v) is 4.38. The lowest BCUT2D eigenvalue weighted by atomic mass is 10.1. The summed E-state index contributed by atoms with van der Waals surface area (Å²) >= 11 is 6.17. The summed E-state index contributed by atoms with van der Waals surface area (Å²) in [7, 11) is 1.34. The minimum atomic E-state index is -3.03. The molecule has 3 aromatic rings. The second kappa shape index (κ2) is 6.58. The quantitative estimate of drug-likeness (QED) is 0.707. The molecule has 0 saturated heterocycles. The van der Waals surface area contributed by atoms with Crippen molar-refractivity contribution in [3.63, 3.8) is 0 Å². The Kier molecular flexibility index (Phi) is 4.23. The van der Waals surface area contributed by atoms with Gasteiger partial charge >= 0.3 is 6.61 Å². The molecule has 3 N–H and O–H groups in total. The van der Waals surface area contributed by atoms with Gasteiger partial charge in [-0.2, -0.15) is 8.78 Å². The first kappa shape index (κ1) is 17.3. The van der Waals surface area contributed by atoms with Gasteiger partial charge in [-0.25, -0.2) is 9.98 Å². The molecule has 0 amide bonds. The highest BCUT2D eigenvalue weighted by Gasteiger charge is 2.27. The number of ether oxygens (including phenoxy) is 2. The second-order valence-corrected chi connectivity index (χ2v) is 6.13. The van der Waals surface area contributed by atoms with Crippen LogP contribution in [0.3, 0.4) is 0 Å². The number of aromatic nitrogens is 2. The van der Waals surface area contributed by atoms with Gasteiger partial charge in [-0.1, -0.05) is 23.7 Å². The van der Waals surface area contributed by atoms with E-state index in [4.69, 9.17) is 22.1 Å². The summed E-state index contributed by atoms with van der Waals surface area (Å²) in [6, 6.07) is 10.5.